The summed E-state index contributed by atoms with van der Waals surface area (Å²) >= 11 is 0. The summed E-state index contributed by atoms with van der Waals surface area (Å²) in [5.74, 6) is -1.50. The first-order chi connectivity index (χ1) is 47.9. The predicted molar refractivity (Wildman–Crippen MR) is 337 cm³/mol. The SMILES string of the molecule is C[C@@H]1O[C@H](O[C@H]2[C@H](OC(=O)[C@@]34CCC(C)(C)C[C@H]3C3=CC[C@@H]5[C@]6(C)C[C@@H](O)[C@H](O[C@H]7O[C@@H](CO)[C@@H](O)[C@H](O[C@H]8OC[C@H](O)[C@H](O)[C@H]8O)[C@H]7O)[C@](C)(CO)[C@@H]6CC[C@@]5(C)[C@]3(C)CC4)OC[C@H](O)[C@@H]2O)[C@H](O)[C@@H](O[C@H]2OC[C@](O)(CO)[C@H]2O)[C@H]1O[C@@H]1OC[C@H](O)[C@@H](O[C@H]2O[C@H](C)[C@@H](O)[C@H](O)[C@@H]2O)[C@H]1O. The molecule has 0 aromatic rings. The van der Waals surface area contributed by atoms with Crippen molar-refractivity contribution in [3.05, 3.63) is 11.6 Å². The number of fused-ring (bicyclic) bond motifs is 7. The van der Waals surface area contributed by atoms with Crippen molar-refractivity contribution in [2.45, 2.75) is 309 Å². The molecule has 0 aromatic heterocycles. The Bertz CT molecular complexity index is 2920. The van der Waals surface area contributed by atoms with Gasteiger partial charge < -0.3 is 163 Å². The van der Waals surface area contributed by atoms with Gasteiger partial charge in [-0.25, -0.2) is 0 Å². The predicted octanol–water partition coefficient (Wildman–Crippen LogP) is -6.01. The van der Waals surface area contributed by atoms with E-state index in [-0.39, 0.29) is 23.7 Å². The fourth-order valence-electron chi connectivity index (χ4n) is 19.9. The molecule has 11 fully saturated rings. The van der Waals surface area contributed by atoms with Crippen LogP contribution in [0.1, 0.15) is 113 Å². The number of hydrogen-bond acceptors (Lipinski definition) is 34. The van der Waals surface area contributed by atoms with Crippen LogP contribution in [0.2, 0.25) is 0 Å². The van der Waals surface area contributed by atoms with E-state index in [1.165, 1.54) is 13.8 Å². The first-order valence-corrected chi connectivity index (χ1v) is 35.9. The Balaban J connectivity index is 0.771. The van der Waals surface area contributed by atoms with Crippen LogP contribution in [0.15, 0.2) is 11.6 Å². The van der Waals surface area contributed by atoms with Gasteiger partial charge in [0.25, 0.3) is 0 Å². The van der Waals surface area contributed by atoms with Crippen LogP contribution in [0, 0.1) is 50.2 Å². The maximum absolute atomic E-state index is 15.7. The van der Waals surface area contributed by atoms with Crippen molar-refractivity contribution in [3.8, 4) is 0 Å². The normalized spacial score (nSPS) is 55.6. The number of esters is 1. The van der Waals surface area contributed by atoms with Gasteiger partial charge in [-0.15, -0.1) is 0 Å². The molecular formula is C68H110O34. The third kappa shape index (κ3) is 13.5. The smallest absolute Gasteiger partial charge is 0.315 e. The third-order valence-electron chi connectivity index (χ3n) is 26.3. The van der Waals surface area contributed by atoms with Crippen molar-refractivity contribution in [2.75, 3.05) is 46.2 Å². The number of rotatable bonds is 17. The highest BCUT2D eigenvalue weighted by atomic mass is 16.8. The number of ether oxygens (including phenoxy) is 14. The Morgan fingerprint density at radius 2 is 1.05 bits per heavy atom. The molecule has 0 unspecified atom stereocenters. The van der Waals surface area contributed by atoms with Crippen LogP contribution in [0.5, 0.6) is 0 Å². The second-order valence-electron chi connectivity index (χ2n) is 33.0. The Kier molecular flexibility index (Phi) is 23.1. The largest absolute Gasteiger partial charge is 0.432 e. The molecule has 4 saturated carbocycles. The molecule has 12 aliphatic rings. The molecule has 0 bridgehead atoms. The molecule has 19 N–H and O–H groups in total. The lowest BCUT2D eigenvalue weighted by Crippen LogP contribution is -2.70. The van der Waals surface area contributed by atoms with E-state index in [9.17, 15) is 97.0 Å². The molecule has 102 heavy (non-hydrogen) atoms. The van der Waals surface area contributed by atoms with Crippen molar-refractivity contribution >= 4 is 5.97 Å². The lowest BCUT2D eigenvalue weighted by molar-refractivity contribution is -0.387. The Morgan fingerprint density at radius 1 is 0.490 bits per heavy atom. The minimum atomic E-state index is -2.24. The average molecular weight is 1470 g/mol. The zero-order valence-electron chi connectivity index (χ0n) is 58.6. The molecule has 34 nitrogen and oxygen atoms in total. The number of carbonyl (C=O) groups is 1. The summed E-state index contributed by atoms with van der Waals surface area (Å²) in [7, 11) is 0. The van der Waals surface area contributed by atoms with Gasteiger partial charge in [-0.2, -0.15) is 0 Å². The molecular weight excluding hydrogens is 1360 g/mol. The van der Waals surface area contributed by atoms with Crippen molar-refractivity contribution in [3.63, 3.8) is 0 Å². The lowest BCUT2D eigenvalue weighted by atomic mass is 9.33. The van der Waals surface area contributed by atoms with Gasteiger partial charge in [0.15, 0.2) is 43.8 Å². The van der Waals surface area contributed by atoms with E-state index in [0.29, 0.717) is 51.4 Å². The van der Waals surface area contributed by atoms with Gasteiger partial charge in [-0.1, -0.05) is 53.2 Å². The van der Waals surface area contributed by atoms with Gasteiger partial charge in [0, 0.05) is 5.41 Å². The summed E-state index contributed by atoms with van der Waals surface area (Å²) in [6, 6.07) is 0. The summed E-state index contributed by atoms with van der Waals surface area (Å²) in [6.45, 7) is 11.2. The zero-order chi connectivity index (χ0) is 74.2. The number of allylic oxidation sites excluding steroid dienone is 2. The summed E-state index contributed by atoms with van der Waals surface area (Å²) in [4.78, 5) is 15.7. The van der Waals surface area contributed by atoms with Crippen LogP contribution < -0.4 is 0 Å². The quantitative estimate of drug-likeness (QED) is 0.0366. The van der Waals surface area contributed by atoms with Gasteiger partial charge in [0.05, 0.1) is 76.1 Å². The lowest BCUT2D eigenvalue weighted by Gasteiger charge is -2.72. The van der Waals surface area contributed by atoms with E-state index in [1.54, 1.807) is 0 Å². The second-order valence-corrected chi connectivity index (χ2v) is 33.0. The highest BCUT2D eigenvalue weighted by Gasteiger charge is 2.72. The van der Waals surface area contributed by atoms with Gasteiger partial charge >= 0.3 is 5.97 Å². The van der Waals surface area contributed by atoms with Crippen molar-refractivity contribution in [1.29, 1.82) is 0 Å². The fourth-order valence-corrected chi connectivity index (χ4v) is 19.9. The molecule has 0 aromatic carbocycles. The van der Waals surface area contributed by atoms with E-state index in [4.69, 9.17) is 66.3 Å². The summed E-state index contributed by atoms with van der Waals surface area (Å²) in [5.41, 5.74) is -5.54. The Morgan fingerprint density at radius 3 is 1.72 bits per heavy atom. The van der Waals surface area contributed by atoms with E-state index < -0.39 is 281 Å². The fraction of sp³-hybridized carbons (Fsp3) is 0.956. The molecule has 7 aliphatic heterocycles. The second kappa shape index (κ2) is 29.6. The number of aliphatic hydroxyl groups is 19. The molecule has 0 spiro atoms. The molecule has 40 atom stereocenters. The number of aliphatic hydroxyl groups excluding tert-OH is 18. The maximum atomic E-state index is 15.7. The maximum Gasteiger partial charge on any atom is 0.315 e. The Hall–Kier alpha value is -2.07. The topological polar surface area (TPSA) is 531 Å². The van der Waals surface area contributed by atoms with Crippen molar-refractivity contribution in [2.24, 2.45) is 50.2 Å². The van der Waals surface area contributed by atoms with E-state index >= 15 is 4.79 Å². The summed E-state index contributed by atoms with van der Waals surface area (Å²) in [5, 5.41) is 211. The van der Waals surface area contributed by atoms with Crippen molar-refractivity contribution < 1.29 is 168 Å². The average Bonchev–Trinajstić information content (AvgIpc) is 0.697. The van der Waals surface area contributed by atoms with Crippen LogP contribution in [0.25, 0.3) is 0 Å². The minimum absolute atomic E-state index is 0.120. The molecule has 5 aliphatic carbocycles. The highest BCUT2D eigenvalue weighted by Crippen LogP contribution is 2.76. The molecule has 12 rings (SSSR count). The van der Waals surface area contributed by atoms with E-state index in [0.717, 1.165) is 5.57 Å². The van der Waals surface area contributed by atoms with Crippen LogP contribution in [0.4, 0.5) is 0 Å². The van der Waals surface area contributed by atoms with Crippen LogP contribution >= 0.6 is 0 Å². The van der Waals surface area contributed by atoms with Gasteiger partial charge in [-0.05, 0) is 111 Å². The van der Waals surface area contributed by atoms with Crippen molar-refractivity contribution in [1.82, 2.24) is 0 Å². The summed E-state index contributed by atoms with van der Waals surface area (Å²) in [6.07, 6.45) is -45.0. The van der Waals surface area contributed by atoms with Gasteiger partial charge in [-0.3, -0.25) is 4.79 Å². The monoisotopic (exact) mass is 1470 g/mol. The third-order valence-corrected chi connectivity index (χ3v) is 26.3. The van der Waals surface area contributed by atoms with Gasteiger partial charge in [0.2, 0.25) is 6.29 Å². The molecule has 34 heteroatoms. The number of carbonyl (C=O) groups excluding carboxylic acids is 1. The molecule has 0 amide bonds. The standard InChI is InChI=1S/C68H110O34/c1-26-37(76)41(80)43(82)56(93-26)97-48-33(75)22-90-55(44(48)83)96-47-27(2)94-57(46(85)50(47)99-60-52(86)68(88,24-71)25-92-60)100-51-39(78)32(74)21-91-59(51)102-61(87)67-15-13-62(3,4)17-29(67)28-9-10-36-63(5)18-30(72)53(64(6,23-70)35(63)11-12-66(36,8)65(28,7)14-16-67)101-58-45(84)49(40(79)34(19-69)95-58)98-54-42(81)38(77)31(73)20-89-54/h9,26-27,29-60,69-86,88H,10-25H2,1-8H3/t26-,27+,29+,30-,31+,32+,33+,34+,35-,36-,37-,38+,39+,40-,41+,42-,43+,44-,45-,46-,47+,48-,49+,50-,51-,52+,53+,54-,55+,56-,57-,58-,59+,60-,63-,64-,65-,66-,67-,68-/m1/s1. The molecule has 7 saturated heterocycles. The first kappa shape index (κ1) is 79.5. The minimum Gasteiger partial charge on any atom is -0.432 e. The highest BCUT2D eigenvalue weighted by molar-refractivity contribution is 5.79. The molecule has 7 heterocycles. The first-order valence-electron chi connectivity index (χ1n) is 35.9. The molecule has 0 radical (unpaired) electrons. The van der Waals surface area contributed by atoms with Gasteiger partial charge in [0.1, 0.15) is 122 Å². The Labute approximate surface area is 589 Å². The van der Waals surface area contributed by atoms with E-state index in [1.807, 2.05) is 6.92 Å². The van der Waals surface area contributed by atoms with E-state index in [2.05, 4.69) is 40.7 Å². The van der Waals surface area contributed by atoms with Crippen LogP contribution in [0.3, 0.4) is 0 Å². The number of hydrogen-bond donors (Lipinski definition) is 19. The summed E-state index contributed by atoms with van der Waals surface area (Å²) < 4.78 is 83.9. The zero-order valence-corrected chi connectivity index (χ0v) is 58.6. The van der Waals surface area contributed by atoms with Crippen LogP contribution in [-0.2, 0) is 71.1 Å². The van der Waals surface area contributed by atoms with Crippen LogP contribution in [-0.4, -0.2) is 345 Å². The molecule has 586 valence electrons.